The molecule has 17 heteroatoms. The van der Waals surface area contributed by atoms with Crippen molar-refractivity contribution in [3.63, 3.8) is 0 Å². The highest BCUT2D eigenvalue weighted by Gasteiger charge is 2.76. The fourth-order valence-electron chi connectivity index (χ4n) is 12.9. The number of urea groups is 1. The first-order valence-electron chi connectivity index (χ1n) is 27.6. The molecule has 3 fully saturated rings. The summed E-state index contributed by atoms with van der Waals surface area (Å²) in [5, 5.41) is 22.1. The van der Waals surface area contributed by atoms with Gasteiger partial charge >= 0.3 is 12.0 Å². The first kappa shape index (κ1) is 52.1. The molecule has 3 saturated heterocycles. The van der Waals surface area contributed by atoms with Crippen molar-refractivity contribution >= 4 is 40.5 Å². The number of ether oxygens (including phenoxy) is 4. The highest BCUT2D eigenvalue weighted by molar-refractivity contribution is 6.25. The predicted octanol–water partition coefficient (Wildman–Crippen LogP) is 8.06. The summed E-state index contributed by atoms with van der Waals surface area (Å²) >= 11 is 0. The molecule has 82 heavy (non-hydrogen) atoms. The van der Waals surface area contributed by atoms with Crippen molar-refractivity contribution in [2.75, 3.05) is 51.1 Å². The fraction of sp³-hybridized carbons (Fsp3) is 0.262. The predicted molar refractivity (Wildman–Crippen MR) is 303 cm³/mol. The summed E-state index contributed by atoms with van der Waals surface area (Å²) in [5.74, 6) is 4.90. The van der Waals surface area contributed by atoms with Crippen molar-refractivity contribution in [2.45, 2.75) is 55.7 Å². The standard InChI is InChI=1S/C65H58N8O9/c1-42(45-17-5-2-6-18-45)66-64(78)72-51-29-27-43(16-15-31-71-52-25-13-12-24-50(52)67-68-71)38-49(51)65(63(72)77)56(61(75)70-34-32-69(33-35-70)40-44-28-30-54-55(39-44)81-41-80-54)58-62(76)82-59(47-21-9-4-10-22-47)57(46-19-7-3-8-20-46)73(58)60(65)48-23-11-14-26-53(48)79-37-36-74/h2-14,17-30,38-39,42,56-60,74H,31-37,40-41H2,1H3,(H,66,78)/t42-,56+,57+,58+,59-,60-,65+/m1/s1. The number of aliphatic hydroxyl groups excluding tert-OH is 1. The number of hydrogen-bond acceptors (Lipinski definition) is 13. The van der Waals surface area contributed by atoms with Crippen LogP contribution in [0.4, 0.5) is 10.5 Å². The Hall–Kier alpha value is -9.34. The number of imide groups is 1. The molecule has 2 N–H and O–H groups in total. The number of carbonyl (C=O) groups excluding carboxylic acids is 4. The lowest BCUT2D eigenvalue weighted by Crippen LogP contribution is -2.59. The molecule has 7 atom stereocenters. The molecule has 6 heterocycles. The molecule has 17 nitrogen and oxygen atoms in total. The number of para-hydroxylation sites is 2. The lowest BCUT2D eigenvalue weighted by atomic mass is 9.64. The number of hydrogen-bond donors (Lipinski definition) is 2. The number of morpholine rings is 1. The molecule has 8 aromatic rings. The molecule has 0 radical (unpaired) electrons. The van der Waals surface area contributed by atoms with Gasteiger partial charge < -0.3 is 34.3 Å². The van der Waals surface area contributed by atoms with E-state index in [1.165, 1.54) is 0 Å². The maximum absolute atomic E-state index is 17.2. The van der Waals surface area contributed by atoms with Crippen LogP contribution >= 0.6 is 0 Å². The van der Waals surface area contributed by atoms with Crippen LogP contribution in [0, 0.1) is 17.8 Å². The van der Waals surface area contributed by atoms with E-state index in [1.807, 2.05) is 157 Å². The Kier molecular flexibility index (Phi) is 13.9. The molecule has 412 valence electrons. The van der Waals surface area contributed by atoms with E-state index in [0.29, 0.717) is 59.1 Å². The molecule has 5 aliphatic rings. The smallest absolute Gasteiger partial charge is 0.329 e. The number of nitrogens with zero attached hydrogens (tertiary/aromatic N) is 7. The molecule has 0 bridgehead atoms. The summed E-state index contributed by atoms with van der Waals surface area (Å²) in [5.41, 5.74) is 4.21. The van der Waals surface area contributed by atoms with E-state index in [2.05, 4.69) is 32.4 Å². The number of rotatable bonds is 12. The number of amides is 4. The average molecular weight is 1100 g/mol. The molecule has 5 aliphatic heterocycles. The van der Waals surface area contributed by atoms with Gasteiger partial charge in [0.15, 0.2) is 11.5 Å². The second-order valence-electron chi connectivity index (χ2n) is 21.2. The molecule has 0 aliphatic carbocycles. The molecule has 4 amide bonds. The van der Waals surface area contributed by atoms with Gasteiger partial charge in [0.05, 0.1) is 41.9 Å². The maximum Gasteiger partial charge on any atom is 0.329 e. The number of piperazine rings is 1. The molecule has 13 rings (SSSR count). The Labute approximate surface area is 473 Å². The normalized spacial score (nSPS) is 22.3. The monoisotopic (exact) mass is 1090 g/mol. The van der Waals surface area contributed by atoms with Crippen LogP contribution in [-0.2, 0) is 37.6 Å². The highest BCUT2D eigenvalue weighted by atomic mass is 16.7. The molecule has 1 spiro atoms. The zero-order valence-electron chi connectivity index (χ0n) is 44.9. The van der Waals surface area contributed by atoms with Crippen molar-refractivity contribution in [1.29, 1.82) is 0 Å². The number of benzene rings is 7. The van der Waals surface area contributed by atoms with Crippen LogP contribution in [0.1, 0.15) is 70.1 Å². The minimum Gasteiger partial charge on any atom is -0.491 e. The van der Waals surface area contributed by atoms with Crippen LogP contribution in [0.5, 0.6) is 17.2 Å². The third-order valence-electron chi connectivity index (χ3n) is 16.5. The summed E-state index contributed by atoms with van der Waals surface area (Å²) in [6.07, 6.45) is -0.946. The Morgan fingerprint density at radius 1 is 0.780 bits per heavy atom. The minimum atomic E-state index is -2.08. The van der Waals surface area contributed by atoms with Crippen molar-refractivity contribution in [3.05, 3.63) is 215 Å². The Bertz CT molecular complexity index is 3790. The molecule has 0 unspecified atom stereocenters. The Balaban J connectivity index is 1.02. The molecular weight excluding hydrogens is 1040 g/mol. The summed E-state index contributed by atoms with van der Waals surface area (Å²) in [6, 6.07) is 49.8. The lowest BCUT2D eigenvalue weighted by Gasteiger charge is -2.46. The molecule has 0 saturated carbocycles. The molecule has 1 aromatic heterocycles. The largest absolute Gasteiger partial charge is 0.491 e. The van der Waals surface area contributed by atoms with Crippen LogP contribution in [0.2, 0.25) is 0 Å². The first-order chi connectivity index (χ1) is 40.2. The second-order valence-corrected chi connectivity index (χ2v) is 21.2. The maximum atomic E-state index is 17.2. The van der Waals surface area contributed by atoms with Crippen LogP contribution in [-0.4, -0.2) is 111 Å². The average Bonchev–Trinajstić information content (AvgIpc) is 2.38. The number of fused-ring (bicyclic) bond motifs is 5. The van der Waals surface area contributed by atoms with Gasteiger partial charge in [-0.25, -0.2) is 14.4 Å². The van der Waals surface area contributed by atoms with Gasteiger partial charge in [0.1, 0.15) is 42.0 Å². The zero-order valence-corrected chi connectivity index (χ0v) is 44.9. The quantitative estimate of drug-likeness (QED) is 0.0887. The lowest BCUT2D eigenvalue weighted by molar-refractivity contribution is -0.179. The number of anilines is 1. The summed E-state index contributed by atoms with van der Waals surface area (Å²) in [7, 11) is 0. The van der Waals surface area contributed by atoms with E-state index >= 15 is 19.2 Å². The van der Waals surface area contributed by atoms with Crippen molar-refractivity contribution in [2.24, 2.45) is 5.92 Å². The van der Waals surface area contributed by atoms with Gasteiger partial charge in [0.25, 0.3) is 0 Å². The topological polar surface area (TPSA) is 181 Å². The van der Waals surface area contributed by atoms with Gasteiger partial charge in [0, 0.05) is 43.9 Å². The van der Waals surface area contributed by atoms with Gasteiger partial charge in [0.2, 0.25) is 18.6 Å². The molecular formula is C65H58N8O9. The van der Waals surface area contributed by atoms with E-state index in [9.17, 15) is 5.11 Å². The fourth-order valence-corrected chi connectivity index (χ4v) is 12.9. The summed E-state index contributed by atoms with van der Waals surface area (Å²) in [6.45, 7) is 3.79. The minimum absolute atomic E-state index is 0.104. The van der Waals surface area contributed by atoms with E-state index in [1.54, 1.807) is 39.9 Å². The van der Waals surface area contributed by atoms with Crippen LogP contribution in [0.25, 0.3) is 11.0 Å². The second kappa shape index (κ2) is 22.0. The number of cyclic esters (lactones) is 1. The number of esters is 1. The number of aromatic nitrogens is 3. The first-order valence-corrected chi connectivity index (χ1v) is 27.6. The van der Waals surface area contributed by atoms with E-state index in [4.69, 9.17) is 18.9 Å². The van der Waals surface area contributed by atoms with Crippen molar-refractivity contribution in [1.82, 2.24) is 35.0 Å². The number of nitrogens with one attached hydrogen (secondary N) is 1. The van der Waals surface area contributed by atoms with E-state index < -0.39 is 65.4 Å². The van der Waals surface area contributed by atoms with Gasteiger partial charge in [-0.15, -0.1) is 5.10 Å². The van der Waals surface area contributed by atoms with Crippen LogP contribution < -0.4 is 24.4 Å². The third-order valence-corrected chi connectivity index (χ3v) is 16.5. The zero-order chi connectivity index (χ0) is 55.9. The molecule has 7 aromatic carbocycles. The van der Waals surface area contributed by atoms with Gasteiger partial charge in [-0.05, 0) is 83.3 Å². The van der Waals surface area contributed by atoms with Gasteiger partial charge in [-0.1, -0.05) is 144 Å². The van der Waals surface area contributed by atoms with Gasteiger partial charge in [-0.3, -0.25) is 24.2 Å². The third kappa shape index (κ3) is 9.14. The van der Waals surface area contributed by atoms with E-state index in [-0.39, 0.29) is 45.3 Å². The Morgan fingerprint density at radius 3 is 2.27 bits per heavy atom. The summed E-state index contributed by atoms with van der Waals surface area (Å²) in [4.78, 5) is 72.5. The SMILES string of the molecule is C[C@@H](NC(=O)N1C(=O)[C@@]2(c3cc(C#CCn4nnc5ccccc54)ccc31)[C@H](C(=O)N1CCN(Cc3ccc4c(c3)OCO4)CC1)[C@H]1C(=O)O[C@H](c3ccccc3)[C@H](c3ccccc3)N1[C@@H]2c1ccccc1OCCO)c1ccccc1. The van der Waals surface area contributed by atoms with E-state index in [0.717, 1.165) is 32.6 Å². The van der Waals surface area contributed by atoms with Crippen LogP contribution in [0.15, 0.2) is 176 Å². The van der Waals surface area contributed by atoms with Crippen molar-refractivity contribution < 1.29 is 43.2 Å². The van der Waals surface area contributed by atoms with Gasteiger partial charge in [-0.2, -0.15) is 0 Å². The highest BCUT2D eigenvalue weighted by Crippen LogP contribution is 2.67. The number of aliphatic hydroxyl groups is 1. The summed E-state index contributed by atoms with van der Waals surface area (Å²) < 4.78 is 26.2. The van der Waals surface area contributed by atoms with Crippen LogP contribution in [0.3, 0.4) is 0 Å². The Morgan fingerprint density at radius 2 is 1.49 bits per heavy atom. The number of carbonyl (C=O) groups is 4. The van der Waals surface area contributed by atoms with Crippen molar-refractivity contribution in [3.8, 4) is 29.1 Å².